The molecule has 3 aromatic rings. The number of aliphatic carboxylic acids is 1. The summed E-state index contributed by atoms with van der Waals surface area (Å²) in [5.41, 5.74) is 6.85. The van der Waals surface area contributed by atoms with Gasteiger partial charge in [-0.3, -0.25) is 4.79 Å². The van der Waals surface area contributed by atoms with Crippen LogP contribution in [0.25, 0.3) is 11.1 Å². The number of halogens is 6. The maximum atomic E-state index is 16.8. The van der Waals surface area contributed by atoms with Crippen LogP contribution in [-0.2, 0) is 25.5 Å². The van der Waals surface area contributed by atoms with Crippen LogP contribution in [0.4, 0.5) is 22.0 Å². The van der Waals surface area contributed by atoms with Gasteiger partial charge >= 0.3 is 12.1 Å². The van der Waals surface area contributed by atoms with Crippen LogP contribution in [0.5, 0.6) is 11.5 Å². The van der Waals surface area contributed by atoms with Gasteiger partial charge in [-0.2, -0.15) is 26.7 Å². The minimum Gasteiger partial charge on any atom is -0.496 e. The van der Waals surface area contributed by atoms with Crippen molar-refractivity contribution in [2.24, 2.45) is 11.7 Å². The molecule has 2 saturated heterocycles. The molecule has 0 radical (unpaired) electrons. The lowest BCUT2D eigenvalue weighted by molar-refractivity contribution is -0.192. The van der Waals surface area contributed by atoms with Crippen LogP contribution in [-0.4, -0.2) is 74.4 Å². The van der Waals surface area contributed by atoms with E-state index in [-0.39, 0.29) is 28.8 Å². The van der Waals surface area contributed by atoms with E-state index in [1.807, 2.05) is 0 Å². The molecule has 3 aliphatic rings. The molecule has 4 N–H and O–H groups in total. The van der Waals surface area contributed by atoms with Gasteiger partial charge in [0.2, 0.25) is 15.9 Å². The number of carbonyl (C=O) groups is 2. The Morgan fingerprint density at radius 2 is 1.51 bits per heavy atom. The molecule has 2 aliphatic heterocycles. The lowest BCUT2D eigenvalue weighted by Crippen LogP contribution is -2.60. The Balaban J connectivity index is 0.000000757. The van der Waals surface area contributed by atoms with Gasteiger partial charge in [-0.25, -0.2) is 13.2 Å². The summed E-state index contributed by atoms with van der Waals surface area (Å²) in [6, 6.07) is 13.0. The molecular weight excluding hydrogens is 773 g/mol. The van der Waals surface area contributed by atoms with E-state index in [0.717, 1.165) is 18.9 Å². The number of benzene rings is 3. The van der Waals surface area contributed by atoms with Crippen molar-refractivity contribution in [3.05, 3.63) is 77.3 Å². The zero-order valence-electron chi connectivity index (χ0n) is 29.9. The zero-order valence-corrected chi connectivity index (χ0v) is 31.5. The van der Waals surface area contributed by atoms with Crippen LogP contribution in [0, 0.1) is 5.92 Å². The first kappa shape index (κ1) is 42.2. The number of amides is 1. The topological polar surface area (TPSA) is 148 Å². The summed E-state index contributed by atoms with van der Waals surface area (Å²) in [6.45, 7) is 0.537. The van der Waals surface area contributed by atoms with Crippen molar-refractivity contribution < 1.29 is 54.5 Å². The number of hydrogen-bond acceptors (Lipinski definition) is 7. The molecule has 0 spiro atoms. The molecule has 2 heterocycles. The van der Waals surface area contributed by atoms with Gasteiger partial charge in [0.25, 0.3) is 5.92 Å². The predicted octanol–water partition coefficient (Wildman–Crippen LogP) is 7.53. The number of fused-ring (bicyclic) bond motifs is 2. The van der Waals surface area contributed by atoms with Crippen molar-refractivity contribution in [2.45, 2.75) is 98.9 Å². The highest BCUT2D eigenvalue weighted by atomic mass is 35.5. The van der Waals surface area contributed by atoms with E-state index >= 15 is 8.78 Å². The van der Waals surface area contributed by atoms with E-state index in [2.05, 4.69) is 4.72 Å². The number of sulfonamides is 1. The molecule has 3 aromatic carbocycles. The number of carboxylic acid groups (broad SMARTS) is 1. The molecule has 55 heavy (non-hydrogen) atoms. The molecular formula is C38H43ClF5N3O7S. The van der Waals surface area contributed by atoms with Gasteiger partial charge in [0.15, 0.2) is 6.04 Å². The fourth-order valence-electron chi connectivity index (χ4n) is 7.45. The van der Waals surface area contributed by atoms with Gasteiger partial charge in [-0.1, -0.05) is 55.1 Å². The highest BCUT2D eigenvalue weighted by Crippen LogP contribution is 2.42. The van der Waals surface area contributed by atoms with Gasteiger partial charge in [0, 0.05) is 34.3 Å². The molecule has 17 heteroatoms. The first-order valence-electron chi connectivity index (χ1n) is 17.9. The number of carbonyl (C=O) groups excluding carboxylic acids is 1. The van der Waals surface area contributed by atoms with Crippen molar-refractivity contribution in [1.29, 1.82) is 0 Å². The van der Waals surface area contributed by atoms with E-state index in [1.165, 1.54) is 67.7 Å². The standard InChI is InChI=1S/C36H42ClF2N3O5S.C2HF3O2/c1-46-33-19-25(9-18-32(33)24-7-10-26(37)11-8-24)36(38,39)34(35(43)42-28-12-13-29(42)21-27(40)20-28)41-48(44,45)31-16-14-30(15-17-31)47-22-23-5-3-2-4-6-23;3-2(4,5)1(6)7/h7-11,14-19,23,27-29,34,41H,2-6,12-13,20-22,40H2,1H3;(H,6,7). The molecule has 300 valence electrons. The first-order chi connectivity index (χ1) is 25.9. The number of methoxy groups -OCH3 is 1. The van der Waals surface area contributed by atoms with E-state index < -0.39 is 45.6 Å². The zero-order chi connectivity index (χ0) is 40.1. The second-order valence-corrected chi connectivity index (χ2v) is 16.2. The summed E-state index contributed by atoms with van der Waals surface area (Å²) in [5, 5.41) is 7.64. The molecule has 3 unspecified atom stereocenters. The van der Waals surface area contributed by atoms with Crippen molar-refractivity contribution in [3.63, 3.8) is 0 Å². The molecule has 1 saturated carbocycles. The Morgan fingerprint density at radius 3 is 2.05 bits per heavy atom. The third kappa shape index (κ3) is 10.3. The maximum absolute atomic E-state index is 16.8. The van der Waals surface area contributed by atoms with Gasteiger partial charge < -0.3 is 25.2 Å². The number of rotatable bonds is 11. The van der Waals surface area contributed by atoms with Crippen molar-refractivity contribution in [2.75, 3.05) is 13.7 Å². The van der Waals surface area contributed by atoms with Crippen molar-refractivity contribution >= 4 is 33.5 Å². The fraction of sp³-hybridized carbons (Fsp3) is 0.474. The van der Waals surface area contributed by atoms with E-state index in [1.54, 1.807) is 24.3 Å². The van der Waals surface area contributed by atoms with Gasteiger partial charge in [-0.05, 0) is 92.5 Å². The monoisotopic (exact) mass is 815 g/mol. The van der Waals surface area contributed by atoms with Crippen LogP contribution in [0.2, 0.25) is 5.02 Å². The van der Waals surface area contributed by atoms with Crippen LogP contribution in [0.15, 0.2) is 71.6 Å². The predicted molar refractivity (Wildman–Crippen MR) is 195 cm³/mol. The normalized spacial score (nSPS) is 20.9. The lowest BCUT2D eigenvalue weighted by Gasteiger charge is -2.41. The largest absolute Gasteiger partial charge is 0.496 e. The number of carboxylic acids is 1. The van der Waals surface area contributed by atoms with E-state index in [0.29, 0.717) is 60.1 Å². The summed E-state index contributed by atoms with van der Waals surface area (Å²) in [5.74, 6) is -6.61. The SMILES string of the molecule is COc1cc(C(F)(F)C(NS(=O)(=O)c2ccc(OCC3CCCCC3)cc2)C(=O)N2C3CCC2CC(N)C3)ccc1-c1ccc(Cl)cc1.O=C(O)C(F)(F)F. The average Bonchev–Trinajstić information content (AvgIpc) is 3.43. The quantitative estimate of drug-likeness (QED) is 0.168. The molecule has 0 aromatic heterocycles. The second kappa shape index (κ2) is 17.4. The minimum absolute atomic E-state index is 0.136. The Hall–Kier alpha value is -3.99. The average molecular weight is 816 g/mol. The Morgan fingerprint density at radius 1 is 0.927 bits per heavy atom. The summed E-state index contributed by atoms with van der Waals surface area (Å²) >= 11 is 6.03. The smallest absolute Gasteiger partial charge is 0.490 e. The van der Waals surface area contributed by atoms with E-state index in [9.17, 15) is 26.4 Å². The Kier molecular flexibility index (Phi) is 13.4. The summed E-state index contributed by atoms with van der Waals surface area (Å²) < 4.78 is 106. The third-order valence-corrected chi connectivity index (χ3v) is 11.9. The number of nitrogens with one attached hydrogen (secondary N) is 1. The number of alkyl halides is 5. The maximum Gasteiger partial charge on any atom is 0.490 e. The molecule has 3 fully saturated rings. The molecule has 6 rings (SSSR count). The number of nitrogens with two attached hydrogens (primary N) is 1. The number of hydrogen-bond donors (Lipinski definition) is 3. The summed E-state index contributed by atoms with van der Waals surface area (Å²) in [6.07, 6.45) is 2.88. The molecule has 1 amide bonds. The van der Waals surface area contributed by atoms with Gasteiger partial charge in [0.05, 0.1) is 18.6 Å². The molecule has 10 nitrogen and oxygen atoms in total. The van der Waals surface area contributed by atoms with Gasteiger partial charge in [-0.15, -0.1) is 0 Å². The highest BCUT2D eigenvalue weighted by Gasteiger charge is 2.54. The number of nitrogens with zero attached hydrogens (tertiary/aromatic N) is 1. The van der Waals surface area contributed by atoms with Gasteiger partial charge in [0.1, 0.15) is 11.5 Å². The van der Waals surface area contributed by atoms with Crippen LogP contribution in [0.3, 0.4) is 0 Å². The lowest BCUT2D eigenvalue weighted by atomic mass is 9.90. The van der Waals surface area contributed by atoms with Crippen LogP contribution in [0.1, 0.15) is 63.4 Å². The van der Waals surface area contributed by atoms with Crippen LogP contribution < -0.4 is 19.9 Å². The fourth-order valence-corrected chi connectivity index (χ4v) is 8.76. The van der Waals surface area contributed by atoms with Crippen molar-refractivity contribution in [1.82, 2.24) is 9.62 Å². The summed E-state index contributed by atoms with van der Waals surface area (Å²) in [7, 11) is -3.22. The van der Waals surface area contributed by atoms with Crippen molar-refractivity contribution in [3.8, 4) is 22.6 Å². The number of ether oxygens (including phenoxy) is 2. The third-order valence-electron chi connectivity index (χ3n) is 10.2. The highest BCUT2D eigenvalue weighted by molar-refractivity contribution is 7.89. The Bertz CT molecular complexity index is 1900. The second-order valence-electron chi connectivity index (χ2n) is 14.1. The molecule has 1 aliphatic carbocycles. The molecule has 2 bridgehead atoms. The first-order valence-corrected chi connectivity index (χ1v) is 19.7. The Labute approximate surface area is 321 Å². The molecule has 3 atom stereocenters. The number of piperidine rings is 1. The van der Waals surface area contributed by atoms with Crippen LogP contribution >= 0.6 is 11.6 Å². The van der Waals surface area contributed by atoms with E-state index in [4.69, 9.17) is 36.7 Å². The summed E-state index contributed by atoms with van der Waals surface area (Å²) in [4.78, 5) is 24.3. The minimum atomic E-state index is -5.08.